The van der Waals surface area contributed by atoms with E-state index >= 15 is 0 Å². The van der Waals surface area contributed by atoms with Gasteiger partial charge in [0.1, 0.15) is 13.2 Å². The number of benzene rings is 2. The molecule has 1 aliphatic heterocycles. The summed E-state index contributed by atoms with van der Waals surface area (Å²) < 4.78 is 21.5. The van der Waals surface area contributed by atoms with Gasteiger partial charge < -0.3 is 28.8 Å². The first kappa shape index (κ1) is 20.0. The fraction of sp³-hybridized carbons (Fsp3) is 0.250. The van der Waals surface area contributed by atoms with Crippen LogP contribution in [0.4, 0.5) is 0 Å². The Hall–Kier alpha value is -3.75. The van der Waals surface area contributed by atoms with Gasteiger partial charge in [0.15, 0.2) is 23.0 Å². The third-order valence-electron chi connectivity index (χ3n) is 4.06. The Balaban J connectivity index is 1.65. The summed E-state index contributed by atoms with van der Waals surface area (Å²) >= 11 is 0. The van der Waals surface area contributed by atoms with Crippen molar-refractivity contribution in [3.63, 3.8) is 0 Å². The van der Waals surface area contributed by atoms with E-state index in [4.69, 9.17) is 18.9 Å². The molecule has 1 atom stereocenters. The van der Waals surface area contributed by atoms with E-state index in [2.05, 4.69) is 10.5 Å². The topological polar surface area (TPSA) is 119 Å². The molecule has 1 N–H and O–H groups in total. The lowest BCUT2D eigenvalue weighted by Crippen LogP contribution is -2.42. The van der Waals surface area contributed by atoms with E-state index in [1.54, 1.807) is 43.3 Å². The van der Waals surface area contributed by atoms with Crippen LogP contribution in [-0.4, -0.2) is 44.0 Å². The highest BCUT2D eigenvalue weighted by molar-refractivity contribution is 6.00. The van der Waals surface area contributed by atoms with Gasteiger partial charge in [-0.15, -0.1) is 0 Å². The van der Waals surface area contributed by atoms with Crippen molar-refractivity contribution in [2.24, 2.45) is 5.10 Å². The van der Waals surface area contributed by atoms with Crippen molar-refractivity contribution in [3.8, 4) is 23.0 Å². The third-order valence-corrected chi connectivity index (χ3v) is 4.06. The summed E-state index contributed by atoms with van der Waals surface area (Å²) in [7, 11) is 1.43. The fourth-order valence-electron chi connectivity index (χ4n) is 2.57. The van der Waals surface area contributed by atoms with Crippen molar-refractivity contribution in [2.75, 3.05) is 20.3 Å². The van der Waals surface area contributed by atoms with Gasteiger partial charge in [-0.05, 0) is 37.3 Å². The summed E-state index contributed by atoms with van der Waals surface area (Å²) in [4.78, 5) is 22.9. The molecule has 0 aromatic heterocycles. The number of hydrogen-bond donors (Lipinski definition) is 1. The molecule has 0 radical (unpaired) electrons. The Kier molecular flexibility index (Phi) is 6.18. The van der Waals surface area contributed by atoms with Crippen molar-refractivity contribution in [2.45, 2.75) is 13.0 Å². The maximum absolute atomic E-state index is 12.3. The second-order valence-corrected chi connectivity index (χ2v) is 6.06. The number of carbonyl (C=O) groups excluding carboxylic acids is 2. The smallest absolute Gasteiger partial charge is 0.284 e. The van der Waals surface area contributed by atoms with Crippen LogP contribution < -0.4 is 29.5 Å². The van der Waals surface area contributed by atoms with Gasteiger partial charge in [-0.3, -0.25) is 4.79 Å². The lowest BCUT2D eigenvalue weighted by atomic mass is 10.1. The molecule has 0 saturated carbocycles. The number of carboxylic acids is 1. The first-order chi connectivity index (χ1) is 14.0. The Morgan fingerprint density at radius 1 is 1.21 bits per heavy atom. The van der Waals surface area contributed by atoms with Crippen molar-refractivity contribution in [1.82, 2.24) is 5.43 Å². The van der Waals surface area contributed by atoms with Crippen LogP contribution in [0.15, 0.2) is 47.6 Å². The van der Waals surface area contributed by atoms with Crippen LogP contribution in [0.5, 0.6) is 23.0 Å². The van der Waals surface area contributed by atoms with Crippen molar-refractivity contribution < 1.29 is 33.6 Å². The standard InChI is InChI=1S/C20H20N2O7/c1-12(13-7-8-15(17(9-13)26-2)28-11-19(23)24)21-22-20(25)18-10-27-14-5-3-4-6-16(14)29-18/h3-9,18H,10-11H2,1-2H3,(H,22,25)(H,23,24)/p-1/b21-12-/t18-/m0/s1. The highest BCUT2D eigenvalue weighted by Gasteiger charge is 2.27. The van der Waals surface area contributed by atoms with Gasteiger partial charge in [0, 0.05) is 5.56 Å². The van der Waals surface area contributed by atoms with E-state index < -0.39 is 24.6 Å². The van der Waals surface area contributed by atoms with Gasteiger partial charge in [-0.25, -0.2) is 5.43 Å². The summed E-state index contributed by atoms with van der Waals surface area (Å²) in [5.41, 5.74) is 3.61. The van der Waals surface area contributed by atoms with Gasteiger partial charge in [-0.1, -0.05) is 12.1 Å². The molecule has 1 heterocycles. The van der Waals surface area contributed by atoms with Gasteiger partial charge >= 0.3 is 0 Å². The average molecular weight is 399 g/mol. The van der Waals surface area contributed by atoms with Crippen LogP contribution in [0, 0.1) is 0 Å². The molecule has 2 aromatic rings. The first-order valence-electron chi connectivity index (χ1n) is 8.71. The number of carbonyl (C=O) groups is 2. The van der Waals surface area contributed by atoms with E-state index in [0.29, 0.717) is 28.5 Å². The normalized spacial score (nSPS) is 15.4. The van der Waals surface area contributed by atoms with Gasteiger partial charge in [0.25, 0.3) is 5.91 Å². The van der Waals surface area contributed by atoms with E-state index in [9.17, 15) is 14.7 Å². The molecule has 9 nitrogen and oxygen atoms in total. The Labute approximate surface area is 166 Å². The number of para-hydroxylation sites is 2. The second kappa shape index (κ2) is 8.96. The third kappa shape index (κ3) is 4.95. The van der Waals surface area contributed by atoms with Crippen LogP contribution in [0.1, 0.15) is 12.5 Å². The molecule has 0 fully saturated rings. The molecule has 0 aliphatic carbocycles. The summed E-state index contributed by atoms with van der Waals surface area (Å²) in [5.74, 6) is -0.123. The maximum Gasteiger partial charge on any atom is 0.284 e. The Morgan fingerprint density at radius 2 is 1.97 bits per heavy atom. The average Bonchev–Trinajstić information content (AvgIpc) is 2.75. The number of aliphatic carboxylic acids is 1. The number of fused-ring (bicyclic) bond motifs is 1. The number of carboxylic acid groups (broad SMARTS) is 1. The Morgan fingerprint density at radius 3 is 2.69 bits per heavy atom. The maximum atomic E-state index is 12.3. The molecule has 0 saturated heterocycles. The minimum Gasteiger partial charge on any atom is -0.546 e. The molecule has 2 aromatic carbocycles. The van der Waals surface area contributed by atoms with E-state index in [1.165, 1.54) is 7.11 Å². The zero-order valence-corrected chi connectivity index (χ0v) is 15.8. The van der Waals surface area contributed by atoms with Crippen LogP contribution in [-0.2, 0) is 9.59 Å². The quantitative estimate of drug-likeness (QED) is 0.532. The zero-order chi connectivity index (χ0) is 20.8. The van der Waals surface area contributed by atoms with Crippen LogP contribution >= 0.6 is 0 Å². The molecule has 9 heteroatoms. The molecule has 0 bridgehead atoms. The van der Waals surface area contributed by atoms with Crippen molar-refractivity contribution in [3.05, 3.63) is 48.0 Å². The number of ether oxygens (including phenoxy) is 4. The van der Waals surface area contributed by atoms with Crippen molar-refractivity contribution >= 4 is 17.6 Å². The zero-order valence-electron chi connectivity index (χ0n) is 15.8. The molecule has 3 rings (SSSR count). The van der Waals surface area contributed by atoms with E-state index in [-0.39, 0.29) is 12.4 Å². The number of hydrazone groups is 1. The molecule has 0 spiro atoms. The van der Waals surface area contributed by atoms with Crippen molar-refractivity contribution in [1.29, 1.82) is 0 Å². The highest BCUT2D eigenvalue weighted by Crippen LogP contribution is 2.31. The highest BCUT2D eigenvalue weighted by atomic mass is 16.6. The summed E-state index contributed by atoms with van der Waals surface area (Å²) in [5, 5.41) is 14.6. The van der Waals surface area contributed by atoms with Gasteiger partial charge in [-0.2, -0.15) is 5.10 Å². The largest absolute Gasteiger partial charge is 0.546 e. The molecular weight excluding hydrogens is 380 g/mol. The minimum atomic E-state index is -1.34. The summed E-state index contributed by atoms with van der Waals surface area (Å²) in [6, 6.07) is 11.9. The molecule has 1 amide bonds. The fourth-order valence-corrected chi connectivity index (χ4v) is 2.57. The summed E-state index contributed by atoms with van der Waals surface area (Å²) in [6.45, 7) is 1.19. The van der Waals surface area contributed by atoms with E-state index in [1.807, 2.05) is 6.07 Å². The predicted octanol–water partition coefficient (Wildman–Crippen LogP) is 0.504. The van der Waals surface area contributed by atoms with Crippen LogP contribution in [0.3, 0.4) is 0 Å². The van der Waals surface area contributed by atoms with Gasteiger partial charge in [0.2, 0.25) is 6.10 Å². The van der Waals surface area contributed by atoms with Gasteiger partial charge in [0.05, 0.1) is 18.8 Å². The molecular formula is C20H19N2O7-. The Bertz CT molecular complexity index is 942. The summed E-state index contributed by atoms with van der Waals surface area (Å²) in [6.07, 6.45) is -0.823. The number of nitrogens with zero attached hydrogens (tertiary/aromatic N) is 1. The molecule has 152 valence electrons. The van der Waals surface area contributed by atoms with E-state index in [0.717, 1.165) is 0 Å². The molecule has 0 unspecified atom stereocenters. The molecule has 29 heavy (non-hydrogen) atoms. The minimum absolute atomic E-state index is 0.0791. The second-order valence-electron chi connectivity index (χ2n) is 6.06. The van der Waals surface area contributed by atoms with Crippen LogP contribution in [0.25, 0.3) is 0 Å². The van der Waals surface area contributed by atoms with Crippen LogP contribution in [0.2, 0.25) is 0 Å². The SMILES string of the molecule is COc1cc(/C(C)=N\NC(=O)[C@@H]2COc3ccccc3O2)ccc1OCC(=O)[O-]. The molecule has 1 aliphatic rings. The lowest BCUT2D eigenvalue weighted by molar-refractivity contribution is -0.307. The number of nitrogens with one attached hydrogen (secondary N) is 1. The number of rotatable bonds is 7. The number of amides is 1. The number of hydrogen-bond acceptors (Lipinski definition) is 8. The number of methoxy groups -OCH3 is 1. The monoisotopic (exact) mass is 399 g/mol. The predicted molar refractivity (Wildman–Crippen MR) is 100 cm³/mol. The first-order valence-corrected chi connectivity index (χ1v) is 8.71. The lowest BCUT2D eigenvalue weighted by Gasteiger charge is -2.24.